The predicted molar refractivity (Wildman–Crippen MR) is 110 cm³/mol. The molecule has 0 bridgehead atoms. The molecule has 0 saturated heterocycles. The number of amides is 1. The molecule has 0 fully saturated rings. The van der Waals surface area contributed by atoms with Crippen LogP contribution >= 0.6 is 23.2 Å². The van der Waals surface area contributed by atoms with Gasteiger partial charge in [-0.05, 0) is 42.8 Å². The van der Waals surface area contributed by atoms with Gasteiger partial charge < -0.3 is 5.32 Å². The van der Waals surface area contributed by atoms with E-state index in [0.29, 0.717) is 17.1 Å². The van der Waals surface area contributed by atoms with Crippen LogP contribution in [0.25, 0.3) is 0 Å². The van der Waals surface area contributed by atoms with Gasteiger partial charge >= 0.3 is 0 Å². The van der Waals surface area contributed by atoms with Crippen molar-refractivity contribution in [3.05, 3.63) is 57.8 Å². The summed E-state index contributed by atoms with van der Waals surface area (Å²) in [6.45, 7) is 4.12. The second-order valence-corrected chi connectivity index (χ2v) is 8.80. The van der Waals surface area contributed by atoms with Crippen LogP contribution in [0.1, 0.15) is 37.0 Å². The predicted octanol–water partition coefficient (Wildman–Crippen LogP) is 5.20. The largest absolute Gasteiger partial charge is 0.322 e. The minimum atomic E-state index is -4.06. The molecular weight excluding hydrogens is 426 g/mol. The normalized spacial score (nSPS) is 11.6. The van der Waals surface area contributed by atoms with E-state index in [1.54, 1.807) is 13.0 Å². The molecule has 0 unspecified atom stereocenters. The number of rotatable bonds is 8. The maximum atomic E-state index is 14.3. The molecule has 2 rings (SSSR count). The molecular formula is C19H21Cl2FN2O3S. The van der Waals surface area contributed by atoms with Gasteiger partial charge in [0.05, 0.1) is 10.0 Å². The van der Waals surface area contributed by atoms with Crippen LogP contribution in [0.15, 0.2) is 41.3 Å². The molecule has 0 aromatic heterocycles. The van der Waals surface area contributed by atoms with E-state index < -0.39 is 26.6 Å². The molecule has 0 aliphatic rings. The summed E-state index contributed by atoms with van der Waals surface area (Å²) in [5, 5.41) is 3.18. The Bertz CT molecular complexity index is 968. The number of halogens is 3. The van der Waals surface area contributed by atoms with Crippen molar-refractivity contribution in [3.8, 4) is 0 Å². The number of nitrogens with one attached hydrogen (secondary N) is 1. The molecule has 0 aliphatic heterocycles. The topological polar surface area (TPSA) is 66.5 Å². The molecule has 5 nitrogen and oxygen atoms in total. The molecule has 0 atom stereocenters. The van der Waals surface area contributed by atoms with Gasteiger partial charge in [-0.1, -0.05) is 43.5 Å². The number of anilines is 1. The molecule has 9 heteroatoms. The quantitative estimate of drug-likeness (QED) is 0.605. The fraction of sp³-hybridized carbons (Fsp3) is 0.316. The highest BCUT2D eigenvalue weighted by Gasteiger charge is 2.27. The summed E-state index contributed by atoms with van der Waals surface area (Å²) in [7, 11) is -4.06. The summed E-state index contributed by atoms with van der Waals surface area (Å²) in [6.07, 6.45) is 1.47. The zero-order valence-electron chi connectivity index (χ0n) is 15.5. The first kappa shape index (κ1) is 22.6. The van der Waals surface area contributed by atoms with Crippen molar-refractivity contribution < 1.29 is 17.6 Å². The number of sulfonamides is 1. The van der Waals surface area contributed by atoms with Gasteiger partial charge in [-0.3, -0.25) is 4.79 Å². The third kappa shape index (κ3) is 5.23. The Labute approximate surface area is 174 Å². The lowest BCUT2D eigenvalue weighted by Gasteiger charge is -2.21. The molecule has 2 aromatic carbocycles. The SMILES string of the molecule is CCCCN(CC)S(=O)(=O)c1cc(C(=O)Nc2ccc(Cl)c(Cl)c2)ccc1F. The molecule has 0 aliphatic carbocycles. The van der Waals surface area contributed by atoms with Crippen molar-refractivity contribution in [2.45, 2.75) is 31.6 Å². The third-order valence-electron chi connectivity index (χ3n) is 4.10. The van der Waals surface area contributed by atoms with Gasteiger partial charge in [-0.15, -0.1) is 0 Å². The number of hydrogen-bond acceptors (Lipinski definition) is 3. The Morgan fingerprint density at radius 1 is 1.11 bits per heavy atom. The van der Waals surface area contributed by atoms with E-state index in [4.69, 9.17) is 23.2 Å². The first-order chi connectivity index (χ1) is 13.2. The summed E-state index contributed by atoms with van der Waals surface area (Å²) in [5.74, 6) is -1.49. The molecule has 1 amide bonds. The maximum Gasteiger partial charge on any atom is 0.255 e. The average molecular weight is 447 g/mol. The average Bonchev–Trinajstić information content (AvgIpc) is 2.65. The smallest absolute Gasteiger partial charge is 0.255 e. The first-order valence-corrected chi connectivity index (χ1v) is 11.0. The van der Waals surface area contributed by atoms with Crippen molar-refractivity contribution >= 4 is 44.8 Å². The Hall–Kier alpha value is -1.67. The first-order valence-electron chi connectivity index (χ1n) is 8.76. The molecule has 2 aromatic rings. The van der Waals surface area contributed by atoms with E-state index in [2.05, 4.69) is 5.32 Å². The van der Waals surface area contributed by atoms with Crippen molar-refractivity contribution in [1.82, 2.24) is 4.31 Å². The molecule has 28 heavy (non-hydrogen) atoms. The Kier molecular flexibility index (Phi) is 7.83. The number of benzene rings is 2. The summed E-state index contributed by atoms with van der Waals surface area (Å²) in [6, 6.07) is 7.79. The molecule has 0 heterocycles. The van der Waals surface area contributed by atoms with Crippen LogP contribution in [0.4, 0.5) is 10.1 Å². The Morgan fingerprint density at radius 2 is 1.82 bits per heavy atom. The molecule has 0 radical (unpaired) electrons. The van der Waals surface area contributed by atoms with E-state index in [-0.39, 0.29) is 23.7 Å². The lowest BCUT2D eigenvalue weighted by Crippen LogP contribution is -2.32. The monoisotopic (exact) mass is 446 g/mol. The fourth-order valence-corrected chi connectivity index (χ4v) is 4.42. The minimum Gasteiger partial charge on any atom is -0.322 e. The van der Waals surface area contributed by atoms with Crippen LogP contribution < -0.4 is 5.32 Å². The standard InChI is InChI=1S/C19H21Cl2FN2O3S/c1-3-5-10-24(4-2)28(26,27)18-11-13(6-9-17(18)22)19(25)23-14-7-8-15(20)16(21)12-14/h6-9,11-12H,3-5,10H2,1-2H3,(H,23,25). The van der Waals surface area contributed by atoms with E-state index in [9.17, 15) is 17.6 Å². The van der Waals surface area contributed by atoms with E-state index in [1.165, 1.54) is 22.5 Å². The number of nitrogens with zero attached hydrogens (tertiary/aromatic N) is 1. The van der Waals surface area contributed by atoms with Crippen molar-refractivity contribution in [1.29, 1.82) is 0 Å². The lowest BCUT2D eigenvalue weighted by molar-refractivity contribution is 0.102. The van der Waals surface area contributed by atoms with Gasteiger partial charge in [0.1, 0.15) is 10.7 Å². The highest BCUT2D eigenvalue weighted by atomic mass is 35.5. The summed E-state index contributed by atoms with van der Waals surface area (Å²) in [4.78, 5) is 12.0. The van der Waals surface area contributed by atoms with Crippen molar-refractivity contribution in [2.75, 3.05) is 18.4 Å². The zero-order valence-corrected chi connectivity index (χ0v) is 17.8. The Balaban J connectivity index is 2.33. The van der Waals surface area contributed by atoms with Gasteiger partial charge in [-0.2, -0.15) is 4.31 Å². The van der Waals surface area contributed by atoms with E-state index in [1.807, 2.05) is 6.92 Å². The number of carbonyl (C=O) groups excluding carboxylic acids is 1. The zero-order chi connectivity index (χ0) is 20.9. The third-order valence-corrected chi connectivity index (χ3v) is 6.83. The van der Waals surface area contributed by atoms with Crippen LogP contribution in [0.3, 0.4) is 0 Å². The van der Waals surface area contributed by atoms with Gasteiger partial charge in [0.2, 0.25) is 10.0 Å². The van der Waals surface area contributed by atoms with Crippen LogP contribution in [0, 0.1) is 5.82 Å². The summed E-state index contributed by atoms with van der Waals surface area (Å²) < 4.78 is 41.2. The van der Waals surface area contributed by atoms with Crippen molar-refractivity contribution in [2.24, 2.45) is 0 Å². The van der Waals surface area contributed by atoms with Gasteiger partial charge in [0.15, 0.2) is 0 Å². The lowest BCUT2D eigenvalue weighted by atomic mass is 10.2. The minimum absolute atomic E-state index is 0.0117. The molecule has 0 spiro atoms. The van der Waals surface area contributed by atoms with Crippen molar-refractivity contribution in [3.63, 3.8) is 0 Å². The molecule has 1 N–H and O–H groups in total. The highest BCUT2D eigenvalue weighted by molar-refractivity contribution is 7.89. The fourth-order valence-electron chi connectivity index (χ4n) is 2.54. The van der Waals surface area contributed by atoms with Crippen LogP contribution in [-0.2, 0) is 10.0 Å². The van der Waals surface area contributed by atoms with Crippen LogP contribution in [-0.4, -0.2) is 31.7 Å². The highest BCUT2D eigenvalue weighted by Crippen LogP contribution is 2.26. The van der Waals surface area contributed by atoms with Gasteiger partial charge in [0.25, 0.3) is 5.91 Å². The number of hydrogen-bond donors (Lipinski definition) is 1. The molecule has 0 saturated carbocycles. The number of carbonyl (C=O) groups is 1. The van der Waals surface area contributed by atoms with Gasteiger partial charge in [0, 0.05) is 24.3 Å². The molecule has 152 valence electrons. The maximum absolute atomic E-state index is 14.3. The summed E-state index contributed by atoms with van der Waals surface area (Å²) in [5.41, 5.74) is 0.392. The number of unbranched alkanes of at least 4 members (excludes halogenated alkanes) is 1. The summed E-state index contributed by atoms with van der Waals surface area (Å²) >= 11 is 11.8. The Morgan fingerprint density at radius 3 is 2.43 bits per heavy atom. The second-order valence-electron chi connectivity index (χ2n) is 6.08. The van der Waals surface area contributed by atoms with Gasteiger partial charge in [-0.25, -0.2) is 12.8 Å². The van der Waals surface area contributed by atoms with E-state index >= 15 is 0 Å². The second kappa shape index (κ2) is 9.69. The van der Waals surface area contributed by atoms with Crippen LogP contribution in [0.2, 0.25) is 10.0 Å². The van der Waals surface area contributed by atoms with E-state index in [0.717, 1.165) is 18.6 Å². The van der Waals surface area contributed by atoms with Crippen LogP contribution in [0.5, 0.6) is 0 Å².